The molecule has 0 fully saturated rings. The van der Waals surface area contributed by atoms with Crippen molar-refractivity contribution in [3.05, 3.63) is 22.2 Å². The summed E-state index contributed by atoms with van der Waals surface area (Å²) in [6.45, 7) is 3.37. The fourth-order valence-electron chi connectivity index (χ4n) is 1.59. The van der Waals surface area contributed by atoms with Gasteiger partial charge in [0.15, 0.2) is 11.5 Å². The SMILES string of the molecule is CCS(=O)CCNCc1cc(OC)c(OC)cc1Br. The Bertz CT molecular complexity index is 440. The first-order valence-corrected chi connectivity index (χ1v) is 8.36. The lowest BCUT2D eigenvalue weighted by Gasteiger charge is -2.12. The molecule has 1 N–H and O–H groups in total. The molecule has 1 atom stereocenters. The van der Waals surface area contributed by atoms with Crippen molar-refractivity contribution in [2.45, 2.75) is 13.5 Å². The highest BCUT2D eigenvalue weighted by Crippen LogP contribution is 2.33. The van der Waals surface area contributed by atoms with Crippen LogP contribution >= 0.6 is 15.9 Å². The minimum atomic E-state index is -0.720. The summed E-state index contributed by atoms with van der Waals surface area (Å²) in [4.78, 5) is 0. The first-order chi connectivity index (χ1) is 9.12. The molecule has 0 saturated carbocycles. The summed E-state index contributed by atoms with van der Waals surface area (Å²) in [5.74, 6) is 2.80. The molecule has 0 aromatic heterocycles. The van der Waals surface area contributed by atoms with Gasteiger partial charge < -0.3 is 14.8 Å². The Morgan fingerprint density at radius 1 is 1.26 bits per heavy atom. The van der Waals surface area contributed by atoms with Gasteiger partial charge in [-0.25, -0.2) is 0 Å². The lowest BCUT2D eigenvalue weighted by molar-refractivity contribution is 0.354. The quantitative estimate of drug-likeness (QED) is 0.731. The highest BCUT2D eigenvalue weighted by molar-refractivity contribution is 9.10. The maximum absolute atomic E-state index is 11.3. The van der Waals surface area contributed by atoms with Gasteiger partial charge in [-0.05, 0) is 17.7 Å². The van der Waals surface area contributed by atoms with E-state index in [2.05, 4.69) is 21.2 Å². The van der Waals surface area contributed by atoms with Crippen LogP contribution in [0.1, 0.15) is 12.5 Å². The molecule has 0 spiro atoms. The van der Waals surface area contributed by atoms with E-state index in [4.69, 9.17) is 9.47 Å². The topological polar surface area (TPSA) is 47.6 Å². The number of hydrogen-bond donors (Lipinski definition) is 1. The lowest BCUT2D eigenvalue weighted by atomic mass is 10.2. The summed E-state index contributed by atoms with van der Waals surface area (Å²) in [5, 5.41) is 3.28. The van der Waals surface area contributed by atoms with Gasteiger partial charge in [0, 0.05) is 39.9 Å². The van der Waals surface area contributed by atoms with E-state index in [1.54, 1.807) is 14.2 Å². The van der Waals surface area contributed by atoms with E-state index >= 15 is 0 Å². The highest BCUT2D eigenvalue weighted by atomic mass is 79.9. The average molecular weight is 350 g/mol. The minimum absolute atomic E-state index is 0.682. The van der Waals surface area contributed by atoms with Crippen molar-refractivity contribution in [1.82, 2.24) is 5.32 Å². The number of hydrogen-bond acceptors (Lipinski definition) is 4. The number of halogens is 1. The lowest BCUT2D eigenvalue weighted by Crippen LogP contribution is -2.20. The van der Waals surface area contributed by atoms with Crippen LogP contribution in [-0.4, -0.2) is 36.5 Å². The molecule has 1 rings (SSSR count). The van der Waals surface area contributed by atoms with Gasteiger partial charge in [-0.3, -0.25) is 4.21 Å². The molecule has 4 nitrogen and oxygen atoms in total. The van der Waals surface area contributed by atoms with Gasteiger partial charge in [0.2, 0.25) is 0 Å². The Morgan fingerprint density at radius 3 is 2.47 bits per heavy atom. The molecule has 0 aliphatic rings. The third kappa shape index (κ3) is 5.12. The fraction of sp³-hybridized carbons (Fsp3) is 0.538. The van der Waals surface area contributed by atoms with Crippen LogP contribution in [0.25, 0.3) is 0 Å². The van der Waals surface area contributed by atoms with E-state index in [0.29, 0.717) is 29.5 Å². The standard InChI is InChI=1S/C13H20BrNO3S/c1-4-19(16)6-5-15-9-10-7-12(17-2)13(18-3)8-11(10)14/h7-8,15H,4-6,9H2,1-3H3. The number of nitrogens with one attached hydrogen (secondary N) is 1. The predicted octanol–water partition coefficient (Wildman–Crippen LogP) is 2.32. The van der Waals surface area contributed by atoms with Crippen LogP contribution in [0, 0.1) is 0 Å². The van der Waals surface area contributed by atoms with Gasteiger partial charge in [0.05, 0.1) is 14.2 Å². The Hall–Kier alpha value is -0.590. The van der Waals surface area contributed by atoms with Crippen molar-refractivity contribution in [2.75, 3.05) is 32.3 Å². The maximum atomic E-state index is 11.3. The molecule has 0 amide bonds. The summed E-state index contributed by atoms with van der Waals surface area (Å²) in [7, 11) is 2.51. The zero-order chi connectivity index (χ0) is 14.3. The van der Waals surface area contributed by atoms with Crippen molar-refractivity contribution in [3.63, 3.8) is 0 Å². The maximum Gasteiger partial charge on any atom is 0.161 e. The number of rotatable bonds is 8. The van der Waals surface area contributed by atoms with E-state index in [1.807, 2.05) is 19.1 Å². The molecule has 108 valence electrons. The molecule has 6 heteroatoms. The Labute approximate surface area is 125 Å². The molecule has 1 aromatic rings. The summed E-state index contributed by atoms with van der Waals surface area (Å²) in [6, 6.07) is 3.83. The van der Waals surface area contributed by atoms with Crippen LogP contribution in [0.2, 0.25) is 0 Å². The first kappa shape index (κ1) is 16.5. The van der Waals surface area contributed by atoms with E-state index < -0.39 is 10.8 Å². The second kappa shape index (κ2) is 8.55. The van der Waals surface area contributed by atoms with Crippen LogP contribution in [0.4, 0.5) is 0 Å². The smallest absolute Gasteiger partial charge is 0.161 e. The van der Waals surface area contributed by atoms with Crippen LogP contribution in [0.3, 0.4) is 0 Å². The predicted molar refractivity (Wildman–Crippen MR) is 82.5 cm³/mol. The van der Waals surface area contributed by atoms with E-state index in [9.17, 15) is 4.21 Å². The Balaban J connectivity index is 2.60. The van der Waals surface area contributed by atoms with E-state index in [1.165, 1.54) is 0 Å². The summed E-state index contributed by atoms with van der Waals surface area (Å²) in [6.07, 6.45) is 0. The van der Waals surface area contributed by atoms with Gasteiger partial charge in [0.25, 0.3) is 0 Å². The molecule has 1 aromatic carbocycles. The van der Waals surface area contributed by atoms with Crippen molar-refractivity contribution < 1.29 is 13.7 Å². The van der Waals surface area contributed by atoms with Gasteiger partial charge in [-0.1, -0.05) is 22.9 Å². The summed E-state index contributed by atoms with van der Waals surface area (Å²) < 4.78 is 22.8. The number of ether oxygens (including phenoxy) is 2. The molecule has 1 unspecified atom stereocenters. The fourth-order valence-corrected chi connectivity index (χ4v) is 2.71. The van der Waals surface area contributed by atoms with Crippen molar-refractivity contribution in [3.8, 4) is 11.5 Å². The second-order valence-corrected chi connectivity index (χ2v) is 6.63. The molecule has 0 heterocycles. The van der Waals surface area contributed by atoms with Crippen molar-refractivity contribution in [1.29, 1.82) is 0 Å². The Morgan fingerprint density at radius 2 is 1.89 bits per heavy atom. The van der Waals surface area contributed by atoms with Crippen LogP contribution in [0.5, 0.6) is 11.5 Å². The van der Waals surface area contributed by atoms with Crippen LogP contribution in [-0.2, 0) is 17.3 Å². The minimum Gasteiger partial charge on any atom is -0.493 e. The largest absolute Gasteiger partial charge is 0.493 e. The molecule has 19 heavy (non-hydrogen) atoms. The molecule has 0 saturated heterocycles. The van der Waals surface area contributed by atoms with E-state index in [-0.39, 0.29) is 0 Å². The number of methoxy groups -OCH3 is 2. The molecule has 0 bridgehead atoms. The van der Waals surface area contributed by atoms with Gasteiger partial charge >= 0.3 is 0 Å². The van der Waals surface area contributed by atoms with Crippen LogP contribution < -0.4 is 14.8 Å². The van der Waals surface area contributed by atoms with Crippen LogP contribution in [0.15, 0.2) is 16.6 Å². The second-order valence-electron chi connectivity index (χ2n) is 3.91. The molecule has 0 aliphatic heterocycles. The molecular weight excluding hydrogens is 330 g/mol. The zero-order valence-corrected chi connectivity index (χ0v) is 13.9. The third-order valence-electron chi connectivity index (χ3n) is 2.70. The molecule has 0 radical (unpaired) electrons. The first-order valence-electron chi connectivity index (χ1n) is 6.08. The van der Waals surface area contributed by atoms with Gasteiger partial charge in [-0.2, -0.15) is 0 Å². The monoisotopic (exact) mass is 349 g/mol. The molecule has 0 aliphatic carbocycles. The summed E-state index contributed by atoms with van der Waals surface area (Å²) in [5.41, 5.74) is 1.08. The van der Waals surface area contributed by atoms with Crippen molar-refractivity contribution >= 4 is 26.7 Å². The van der Waals surface area contributed by atoms with Crippen molar-refractivity contribution in [2.24, 2.45) is 0 Å². The van der Waals surface area contributed by atoms with Gasteiger partial charge in [-0.15, -0.1) is 0 Å². The van der Waals surface area contributed by atoms with E-state index in [0.717, 1.165) is 16.6 Å². The third-order valence-corrected chi connectivity index (χ3v) is 4.74. The average Bonchev–Trinajstić information content (AvgIpc) is 2.43. The summed E-state index contributed by atoms with van der Waals surface area (Å²) >= 11 is 3.51. The van der Waals surface area contributed by atoms with Gasteiger partial charge in [0.1, 0.15) is 0 Å². The normalized spacial score (nSPS) is 12.2. The highest BCUT2D eigenvalue weighted by Gasteiger charge is 2.09. The zero-order valence-electron chi connectivity index (χ0n) is 11.5. The molecular formula is C13H20BrNO3S. The Kier molecular flexibility index (Phi) is 7.41. The number of benzene rings is 1.